The zero-order chi connectivity index (χ0) is 47.4. The summed E-state index contributed by atoms with van der Waals surface area (Å²) in [6.07, 6.45) is 1.74. The molecule has 2 aliphatic rings. The highest BCUT2D eigenvalue weighted by molar-refractivity contribution is 7.28. The number of benzene rings is 5. The largest absolute Gasteiger partial charge is 0.521 e. The first-order chi connectivity index (χ1) is 32.9. The summed E-state index contributed by atoms with van der Waals surface area (Å²) in [5.41, 5.74) is 13.8. The fourth-order valence-electron chi connectivity index (χ4n) is 10.1. The molecule has 0 fully saturated rings. The highest BCUT2D eigenvalue weighted by Crippen LogP contribution is 2.53. The van der Waals surface area contributed by atoms with Crippen molar-refractivity contribution in [2.24, 2.45) is 0 Å². The lowest BCUT2D eigenvalue weighted by molar-refractivity contribution is -0.117. The predicted octanol–water partition coefficient (Wildman–Crippen LogP) is 15.4. The van der Waals surface area contributed by atoms with Gasteiger partial charge in [0.05, 0.1) is 12.7 Å². The number of fused-ring (bicyclic) bond motifs is 7. The molecule has 68 heavy (non-hydrogen) atoms. The molecular formula is C57H53N3O4S3Si. The molecule has 8 aromatic rings. The molecule has 0 radical (unpaired) electrons. The number of rotatable bonds is 15. The lowest BCUT2D eigenvalue weighted by Crippen LogP contribution is -2.55. The number of thiophene rings is 3. The Morgan fingerprint density at radius 1 is 0.603 bits per heavy atom. The average Bonchev–Trinajstić information content (AvgIpc) is 4.18. The second kappa shape index (κ2) is 18.2. The molecule has 0 saturated carbocycles. The van der Waals surface area contributed by atoms with Gasteiger partial charge in [0, 0.05) is 76.8 Å². The van der Waals surface area contributed by atoms with Gasteiger partial charge in [0.15, 0.2) is 0 Å². The lowest BCUT2D eigenvalue weighted by atomic mass is 9.82. The van der Waals surface area contributed by atoms with Gasteiger partial charge in [-0.2, -0.15) is 0 Å². The van der Waals surface area contributed by atoms with Gasteiger partial charge in [-0.25, -0.2) is 4.85 Å². The number of hydrogen-bond donors (Lipinski definition) is 1. The molecule has 342 valence electrons. The van der Waals surface area contributed by atoms with E-state index in [0.29, 0.717) is 19.8 Å². The summed E-state index contributed by atoms with van der Waals surface area (Å²) >= 11 is 5.13. The van der Waals surface area contributed by atoms with E-state index in [2.05, 4.69) is 170 Å². The maximum atomic E-state index is 13.2. The normalized spacial score (nSPS) is 14.3. The zero-order valence-electron chi connectivity index (χ0n) is 39.4. The molecule has 0 atom stereocenters. The summed E-state index contributed by atoms with van der Waals surface area (Å²) in [5, 5.41) is 4.05. The van der Waals surface area contributed by atoms with Crippen LogP contribution in [-0.4, -0.2) is 40.7 Å². The summed E-state index contributed by atoms with van der Waals surface area (Å²) in [7, 11) is -3.12. The summed E-state index contributed by atoms with van der Waals surface area (Å²) < 4.78 is 18.9. The van der Waals surface area contributed by atoms with Crippen LogP contribution in [0.25, 0.3) is 62.8 Å². The van der Waals surface area contributed by atoms with Gasteiger partial charge in [0.25, 0.3) is 5.70 Å². The second-order valence-corrected chi connectivity index (χ2v) is 24.0. The Morgan fingerprint density at radius 3 is 1.68 bits per heavy atom. The molecule has 11 heteroatoms. The minimum atomic E-state index is -3.12. The molecule has 3 heterocycles. The quantitative estimate of drug-likeness (QED) is 0.0630. The highest BCUT2D eigenvalue weighted by atomic mass is 32.1. The monoisotopic (exact) mass is 967 g/mol. The maximum absolute atomic E-state index is 13.2. The zero-order valence-corrected chi connectivity index (χ0v) is 42.8. The van der Waals surface area contributed by atoms with E-state index < -0.39 is 14.7 Å². The van der Waals surface area contributed by atoms with Crippen LogP contribution in [0.5, 0.6) is 0 Å². The van der Waals surface area contributed by atoms with E-state index in [-0.39, 0.29) is 22.7 Å². The molecule has 10 rings (SSSR count). The van der Waals surface area contributed by atoms with Gasteiger partial charge in [0.2, 0.25) is 5.91 Å². The fourth-order valence-corrected chi connectivity index (χ4v) is 15.5. The van der Waals surface area contributed by atoms with Gasteiger partial charge in [-0.05, 0) is 143 Å². The van der Waals surface area contributed by atoms with Gasteiger partial charge in [-0.1, -0.05) is 94.4 Å². The van der Waals surface area contributed by atoms with Crippen molar-refractivity contribution in [2.75, 3.05) is 30.9 Å². The number of carbonyl (C=O) groups is 1. The predicted molar refractivity (Wildman–Crippen MR) is 286 cm³/mol. The van der Waals surface area contributed by atoms with Crippen LogP contribution < -0.4 is 10.2 Å². The molecule has 3 aromatic heterocycles. The van der Waals surface area contributed by atoms with Crippen LogP contribution in [0.4, 0.5) is 17.1 Å². The Morgan fingerprint density at radius 2 is 1.10 bits per heavy atom. The Labute approximate surface area is 412 Å². The van der Waals surface area contributed by atoms with Crippen molar-refractivity contribution in [1.82, 2.24) is 5.32 Å². The highest BCUT2D eigenvalue weighted by Gasteiger charge is 2.42. The Hall–Kier alpha value is -5.94. The summed E-state index contributed by atoms with van der Waals surface area (Å²) in [5.74, 6) is -0.482. The molecule has 0 unspecified atom stereocenters. The minimum Gasteiger partial charge on any atom is -0.373 e. The van der Waals surface area contributed by atoms with Crippen molar-refractivity contribution in [1.29, 1.82) is 0 Å². The van der Waals surface area contributed by atoms with E-state index >= 15 is 0 Å². The van der Waals surface area contributed by atoms with Crippen LogP contribution in [0.15, 0.2) is 139 Å². The lowest BCUT2D eigenvalue weighted by Gasteiger charge is -2.29. The van der Waals surface area contributed by atoms with Crippen LogP contribution in [0, 0.1) is 6.57 Å². The first-order valence-electron chi connectivity index (χ1n) is 23.2. The van der Waals surface area contributed by atoms with Crippen molar-refractivity contribution >= 4 is 81.9 Å². The number of nitrogens with zero attached hydrogens (tertiary/aromatic N) is 2. The van der Waals surface area contributed by atoms with Crippen molar-refractivity contribution < 1.29 is 18.1 Å². The maximum Gasteiger partial charge on any atom is 0.521 e. The van der Waals surface area contributed by atoms with Gasteiger partial charge >= 0.3 is 8.80 Å². The third kappa shape index (κ3) is 8.08. The smallest absolute Gasteiger partial charge is 0.373 e. The molecule has 1 N–H and O–H groups in total. The molecular weight excluding hydrogens is 915 g/mol. The van der Waals surface area contributed by atoms with E-state index in [4.69, 9.17) is 19.9 Å². The van der Waals surface area contributed by atoms with Crippen LogP contribution in [0.2, 0.25) is 0 Å². The number of anilines is 3. The number of amides is 1. The van der Waals surface area contributed by atoms with Crippen molar-refractivity contribution in [3.05, 3.63) is 178 Å². The third-order valence-electron chi connectivity index (χ3n) is 13.3. The van der Waals surface area contributed by atoms with Gasteiger partial charge < -0.3 is 23.5 Å². The third-order valence-corrected chi connectivity index (χ3v) is 19.7. The topological polar surface area (TPSA) is 64.4 Å². The van der Waals surface area contributed by atoms with Crippen molar-refractivity contribution in [3.8, 4) is 41.8 Å². The molecule has 0 saturated heterocycles. The molecule has 1 amide bonds. The van der Waals surface area contributed by atoms with Crippen LogP contribution in [-0.2, 0) is 28.9 Å². The second-order valence-electron chi connectivity index (χ2n) is 18.1. The standard InChI is InChI=1S/C57H53N3O4S3Si/c1-9-62-68(63-10-2,64-11-3)35-59-55(61)49(58-8)34-40-24-27-50(65-40)51-28-29-52(66-51)54-30-36-20-21-39(33-53(36)67-54)60(37-22-25-43-41-16-12-14-18-45(41)56(4,5)47(43)31-37)38-23-26-44-42-17-13-15-19-46(42)57(6,7)48(44)32-38/h12-34H,9-11,35H2,1-7H3,(H,59,61)/b49-34-. The minimum absolute atomic E-state index is 0.00274. The Balaban J connectivity index is 0.952. The molecule has 2 aliphatic carbocycles. The number of carbonyl (C=O) groups excluding carboxylic acids is 1. The molecule has 0 aliphatic heterocycles. The van der Waals surface area contributed by atoms with Crippen molar-refractivity contribution in [3.63, 3.8) is 0 Å². The molecule has 0 bridgehead atoms. The molecule has 5 aromatic carbocycles. The number of nitrogens with one attached hydrogen (secondary N) is 1. The summed E-state index contributed by atoms with van der Waals surface area (Å²) in [6.45, 7) is 24.0. The van der Waals surface area contributed by atoms with E-state index in [9.17, 15) is 4.79 Å². The van der Waals surface area contributed by atoms with Crippen LogP contribution >= 0.6 is 34.0 Å². The van der Waals surface area contributed by atoms with E-state index in [1.165, 1.54) is 64.3 Å². The van der Waals surface area contributed by atoms with Crippen molar-refractivity contribution in [2.45, 2.75) is 59.3 Å². The average molecular weight is 968 g/mol. The first-order valence-corrected chi connectivity index (χ1v) is 27.6. The van der Waals surface area contributed by atoms with Gasteiger partial charge in [0.1, 0.15) is 0 Å². The van der Waals surface area contributed by atoms with Crippen LogP contribution in [0.3, 0.4) is 0 Å². The Kier molecular flexibility index (Phi) is 12.3. The summed E-state index contributed by atoms with van der Waals surface area (Å²) in [4.78, 5) is 24.7. The SMILES string of the molecule is [C-]#[N+]/C(=C\c1ccc(-c2ccc(-c3cc4ccc(N(c5ccc6c(c5)C(C)(C)c5ccccc5-6)c5ccc6c(c5)C(C)(C)c5ccccc5-6)cc4s3)s2)s1)C(=O)NC[Si](OCC)(OCC)OCC. The van der Waals surface area contributed by atoms with Gasteiger partial charge in [-0.15, -0.1) is 34.0 Å². The van der Waals surface area contributed by atoms with Gasteiger partial charge in [-0.3, -0.25) is 4.79 Å². The van der Waals surface area contributed by atoms with Crippen LogP contribution in [0.1, 0.15) is 75.6 Å². The first kappa shape index (κ1) is 45.8. The van der Waals surface area contributed by atoms with E-state index in [1.807, 2.05) is 38.2 Å². The molecule has 0 spiro atoms. The van der Waals surface area contributed by atoms with E-state index in [0.717, 1.165) is 31.7 Å². The Bertz CT molecular complexity index is 3190. The van der Waals surface area contributed by atoms with E-state index in [1.54, 1.807) is 28.7 Å². The number of hydrogen-bond acceptors (Lipinski definition) is 8. The molecule has 7 nitrogen and oxygen atoms in total. The summed E-state index contributed by atoms with van der Waals surface area (Å²) in [6, 6.07) is 49.4. The fraction of sp³-hybridized carbons (Fsp3) is 0.228.